The molecule has 1 aliphatic rings. The minimum atomic E-state index is -0.121. The molecule has 1 aromatic heterocycles. The average molecular weight is 201 g/mol. The van der Waals surface area contributed by atoms with Crippen molar-refractivity contribution >= 4 is 10.9 Å². The maximum atomic E-state index is 13.6. The second-order valence-corrected chi connectivity index (χ2v) is 4.18. The van der Waals surface area contributed by atoms with E-state index in [4.69, 9.17) is 0 Å². The van der Waals surface area contributed by atoms with Gasteiger partial charge in [0.2, 0.25) is 0 Å². The molecule has 1 heterocycles. The molecule has 0 radical (unpaired) electrons. The van der Waals surface area contributed by atoms with Crippen molar-refractivity contribution in [3.8, 4) is 0 Å². The van der Waals surface area contributed by atoms with E-state index >= 15 is 0 Å². The van der Waals surface area contributed by atoms with Crippen molar-refractivity contribution in [2.75, 3.05) is 0 Å². The highest BCUT2D eigenvalue weighted by molar-refractivity contribution is 5.87. The number of hydrogen-bond donors (Lipinski definition) is 0. The van der Waals surface area contributed by atoms with Crippen LogP contribution in [0.15, 0.2) is 18.3 Å². The molecule has 0 bridgehead atoms. The lowest BCUT2D eigenvalue weighted by molar-refractivity contribution is 0.615. The molecule has 76 valence electrons. The standard InChI is InChI=1S/C13H12FN/c1-8-10-4-2-3-9-5-6-15-12(13(9)10)7-11(8)14/h5-7H,2-4H2,1H3. The molecular weight excluding hydrogens is 189 g/mol. The Morgan fingerprint density at radius 3 is 3.07 bits per heavy atom. The molecule has 0 aliphatic heterocycles. The third-order valence-corrected chi connectivity index (χ3v) is 3.32. The molecule has 1 aliphatic carbocycles. The summed E-state index contributed by atoms with van der Waals surface area (Å²) in [5.41, 5.74) is 4.10. The van der Waals surface area contributed by atoms with Crippen LogP contribution >= 0.6 is 0 Å². The van der Waals surface area contributed by atoms with E-state index in [0.29, 0.717) is 0 Å². The SMILES string of the molecule is Cc1c(F)cc2nccc3c2c1CCC3. The van der Waals surface area contributed by atoms with Gasteiger partial charge in [0.1, 0.15) is 5.82 Å². The summed E-state index contributed by atoms with van der Waals surface area (Å²) in [5, 5.41) is 1.20. The fourth-order valence-corrected chi connectivity index (χ4v) is 2.51. The number of aryl methyl sites for hydroxylation is 2. The van der Waals surface area contributed by atoms with E-state index in [1.165, 1.54) is 16.5 Å². The molecular formula is C13H12FN. The largest absolute Gasteiger partial charge is 0.256 e. The van der Waals surface area contributed by atoms with Crippen LogP contribution in [0, 0.1) is 12.7 Å². The molecule has 0 unspecified atom stereocenters. The zero-order chi connectivity index (χ0) is 10.4. The van der Waals surface area contributed by atoms with E-state index in [-0.39, 0.29) is 5.82 Å². The highest BCUT2D eigenvalue weighted by atomic mass is 19.1. The van der Waals surface area contributed by atoms with Crippen LogP contribution in [0.5, 0.6) is 0 Å². The first-order valence-electron chi connectivity index (χ1n) is 5.33. The minimum absolute atomic E-state index is 0.121. The third-order valence-electron chi connectivity index (χ3n) is 3.32. The molecule has 15 heavy (non-hydrogen) atoms. The fraction of sp³-hybridized carbons (Fsp3) is 0.308. The topological polar surface area (TPSA) is 12.9 Å². The summed E-state index contributed by atoms with van der Waals surface area (Å²) in [6.45, 7) is 1.87. The molecule has 0 N–H and O–H groups in total. The molecule has 2 heteroatoms. The van der Waals surface area contributed by atoms with Gasteiger partial charge in [0.25, 0.3) is 0 Å². The summed E-state index contributed by atoms with van der Waals surface area (Å²) in [5.74, 6) is -0.121. The quantitative estimate of drug-likeness (QED) is 0.638. The first kappa shape index (κ1) is 8.84. The number of pyridine rings is 1. The van der Waals surface area contributed by atoms with Gasteiger partial charge < -0.3 is 0 Å². The summed E-state index contributed by atoms with van der Waals surface area (Å²) in [6, 6.07) is 3.62. The molecule has 0 amide bonds. The van der Waals surface area contributed by atoms with Crippen molar-refractivity contribution in [1.29, 1.82) is 0 Å². The molecule has 1 nitrogen and oxygen atoms in total. The lowest BCUT2D eigenvalue weighted by atomic mass is 9.88. The monoisotopic (exact) mass is 201 g/mol. The maximum Gasteiger partial charge on any atom is 0.128 e. The van der Waals surface area contributed by atoms with Gasteiger partial charge in [-0.1, -0.05) is 0 Å². The summed E-state index contributed by atoms with van der Waals surface area (Å²) < 4.78 is 13.6. The summed E-state index contributed by atoms with van der Waals surface area (Å²) in [4.78, 5) is 4.25. The van der Waals surface area contributed by atoms with Crippen LogP contribution in [0.2, 0.25) is 0 Å². The van der Waals surface area contributed by atoms with Crippen LogP contribution in [0.4, 0.5) is 4.39 Å². The van der Waals surface area contributed by atoms with Gasteiger partial charge in [-0.05, 0) is 48.9 Å². The van der Waals surface area contributed by atoms with Gasteiger partial charge in [-0.15, -0.1) is 0 Å². The smallest absolute Gasteiger partial charge is 0.128 e. The predicted molar refractivity (Wildman–Crippen MR) is 58.5 cm³/mol. The second kappa shape index (κ2) is 3.02. The van der Waals surface area contributed by atoms with Crippen LogP contribution in [0.3, 0.4) is 0 Å². The van der Waals surface area contributed by atoms with Gasteiger partial charge in [-0.25, -0.2) is 4.39 Å². The number of hydrogen-bond acceptors (Lipinski definition) is 1. The van der Waals surface area contributed by atoms with E-state index in [9.17, 15) is 4.39 Å². The van der Waals surface area contributed by atoms with Gasteiger partial charge in [0.05, 0.1) is 5.52 Å². The Labute approximate surface area is 88.0 Å². The van der Waals surface area contributed by atoms with Crippen LogP contribution in [-0.2, 0) is 12.8 Å². The molecule has 1 aromatic carbocycles. The van der Waals surface area contributed by atoms with E-state index in [1.54, 1.807) is 12.3 Å². The van der Waals surface area contributed by atoms with Gasteiger partial charge in [-0.2, -0.15) is 0 Å². The van der Waals surface area contributed by atoms with E-state index < -0.39 is 0 Å². The normalized spacial score (nSPS) is 14.5. The number of halogens is 1. The Kier molecular flexibility index (Phi) is 1.78. The molecule has 3 rings (SSSR count). The molecule has 0 saturated heterocycles. The van der Waals surface area contributed by atoms with Crippen molar-refractivity contribution in [1.82, 2.24) is 4.98 Å². The molecule has 0 fully saturated rings. The van der Waals surface area contributed by atoms with Crippen LogP contribution in [0.25, 0.3) is 10.9 Å². The molecule has 0 saturated carbocycles. The predicted octanol–water partition coefficient (Wildman–Crippen LogP) is 3.17. The van der Waals surface area contributed by atoms with Crippen LogP contribution < -0.4 is 0 Å². The Morgan fingerprint density at radius 2 is 2.20 bits per heavy atom. The number of rotatable bonds is 0. The lowest BCUT2D eigenvalue weighted by Gasteiger charge is -2.18. The highest BCUT2D eigenvalue weighted by Crippen LogP contribution is 2.31. The van der Waals surface area contributed by atoms with Crippen molar-refractivity contribution < 1.29 is 4.39 Å². The van der Waals surface area contributed by atoms with E-state index in [0.717, 1.165) is 30.3 Å². The fourth-order valence-electron chi connectivity index (χ4n) is 2.51. The average Bonchev–Trinajstić information content (AvgIpc) is 2.26. The second-order valence-electron chi connectivity index (χ2n) is 4.18. The summed E-state index contributed by atoms with van der Waals surface area (Å²) in [6.07, 6.45) is 4.98. The maximum absolute atomic E-state index is 13.6. The highest BCUT2D eigenvalue weighted by Gasteiger charge is 2.17. The van der Waals surface area contributed by atoms with Crippen molar-refractivity contribution in [3.63, 3.8) is 0 Å². The first-order valence-corrected chi connectivity index (χ1v) is 5.33. The Bertz CT molecular complexity index is 546. The Balaban J connectivity index is 2.51. The number of nitrogens with zero attached hydrogens (tertiary/aromatic N) is 1. The molecule has 0 spiro atoms. The number of benzene rings is 1. The van der Waals surface area contributed by atoms with Gasteiger partial charge >= 0.3 is 0 Å². The Morgan fingerprint density at radius 1 is 1.33 bits per heavy atom. The lowest BCUT2D eigenvalue weighted by Crippen LogP contribution is -2.05. The molecule has 0 atom stereocenters. The third kappa shape index (κ3) is 1.17. The van der Waals surface area contributed by atoms with Gasteiger partial charge in [-0.3, -0.25) is 4.98 Å². The van der Waals surface area contributed by atoms with Gasteiger partial charge in [0, 0.05) is 17.6 Å². The molecule has 2 aromatic rings. The Hall–Kier alpha value is -1.44. The zero-order valence-electron chi connectivity index (χ0n) is 8.68. The van der Waals surface area contributed by atoms with Crippen molar-refractivity contribution in [3.05, 3.63) is 40.8 Å². The zero-order valence-corrected chi connectivity index (χ0v) is 8.68. The van der Waals surface area contributed by atoms with Gasteiger partial charge in [0.15, 0.2) is 0 Å². The van der Waals surface area contributed by atoms with Crippen LogP contribution in [-0.4, -0.2) is 4.98 Å². The van der Waals surface area contributed by atoms with Crippen molar-refractivity contribution in [2.24, 2.45) is 0 Å². The van der Waals surface area contributed by atoms with E-state index in [1.807, 2.05) is 6.92 Å². The number of aromatic nitrogens is 1. The van der Waals surface area contributed by atoms with E-state index in [2.05, 4.69) is 11.1 Å². The van der Waals surface area contributed by atoms with Crippen molar-refractivity contribution in [2.45, 2.75) is 26.2 Å². The first-order chi connectivity index (χ1) is 7.27. The minimum Gasteiger partial charge on any atom is -0.256 e. The van der Waals surface area contributed by atoms with Crippen LogP contribution in [0.1, 0.15) is 23.1 Å². The summed E-state index contributed by atoms with van der Waals surface area (Å²) in [7, 11) is 0. The summed E-state index contributed by atoms with van der Waals surface area (Å²) >= 11 is 0.